The third-order valence-electron chi connectivity index (χ3n) is 3.31. The van der Waals surface area contributed by atoms with Gasteiger partial charge in [-0.1, -0.05) is 20.8 Å². The van der Waals surface area contributed by atoms with Crippen LogP contribution < -0.4 is 11.1 Å². The molecular weight excluding hydrogens is 160 g/mol. The molecule has 0 spiro atoms. The first kappa shape index (κ1) is 11.0. The van der Waals surface area contributed by atoms with Crippen molar-refractivity contribution >= 4 is 0 Å². The Morgan fingerprint density at radius 1 is 1.23 bits per heavy atom. The van der Waals surface area contributed by atoms with Gasteiger partial charge >= 0.3 is 0 Å². The van der Waals surface area contributed by atoms with Crippen LogP contribution in [0, 0.1) is 17.3 Å². The van der Waals surface area contributed by atoms with E-state index in [9.17, 15) is 0 Å². The van der Waals surface area contributed by atoms with Crippen LogP contribution in [0.2, 0.25) is 0 Å². The molecule has 2 heteroatoms. The van der Waals surface area contributed by atoms with Gasteiger partial charge in [0.2, 0.25) is 0 Å². The molecule has 1 heterocycles. The highest BCUT2D eigenvalue weighted by Crippen LogP contribution is 2.36. The second kappa shape index (κ2) is 4.43. The molecule has 0 radical (unpaired) electrons. The van der Waals surface area contributed by atoms with E-state index in [4.69, 9.17) is 5.73 Å². The molecule has 2 nitrogen and oxygen atoms in total. The topological polar surface area (TPSA) is 38.0 Å². The Morgan fingerprint density at radius 2 is 1.85 bits per heavy atom. The maximum atomic E-state index is 5.83. The summed E-state index contributed by atoms with van der Waals surface area (Å²) < 4.78 is 0. The smallest absolute Gasteiger partial charge is 0.00455 e. The van der Waals surface area contributed by atoms with Crippen LogP contribution in [0.5, 0.6) is 0 Å². The van der Waals surface area contributed by atoms with Gasteiger partial charge in [0.1, 0.15) is 0 Å². The van der Waals surface area contributed by atoms with Gasteiger partial charge in [0.15, 0.2) is 0 Å². The van der Waals surface area contributed by atoms with Crippen LogP contribution in [0.15, 0.2) is 0 Å². The Bertz CT molecular complexity index is 149. The minimum absolute atomic E-state index is 0.413. The summed E-state index contributed by atoms with van der Waals surface area (Å²) in [5.74, 6) is 1.50. The number of nitrogens with two attached hydrogens (primary N) is 1. The number of hydrogen-bond donors (Lipinski definition) is 2. The lowest BCUT2D eigenvalue weighted by atomic mass is 9.71. The van der Waals surface area contributed by atoms with E-state index < -0.39 is 0 Å². The fourth-order valence-corrected chi connectivity index (χ4v) is 2.53. The summed E-state index contributed by atoms with van der Waals surface area (Å²) in [6, 6.07) is 0. The van der Waals surface area contributed by atoms with Gasteiger partial charge in [-0.05, 0) is 49.7 Å². The van der Waals surface area contributed by atoms with Gasteiger partial charge < -0.3 is 11.1 Å². The minimum atomic E-state index is 0.413. The van der Waals surface area contributed by atoms with E-state index in [0.29, 0.717) is 5.41 Å². The van der Waals surface area contributed by atoms with E-state index in [1.54, 1.807) is 0 Å². The van der Waals surface area contributed by atoms with Gasteiger partial charge in [-0.3, -0.25) is 0 Å². The van der Waals surface area contributed by atoms with Crippen LogP contribution >= 0.6 is 0 Å². The fourth-order valence-electron chi connectivity index (χ4n) is 2.53. The summed E-state index contributed by atoms with van der Waals surface area (Å²) in [4.78, 5) is 0. The first-order valence-electron chi connectivity index (χ1n) is 5.46. The quantitative estimate of drug-likeness (QED) is 0.650. The van der Waals surface area contributed by atoms with Gasteiger partial charge in [0.05, 0.1) is 0 Å². The lowest BCUT2D eigenvalue weighted by Crippen LogP contribution is -2.32. The van der Waals surface area contributed by atoms with Crippen LogP contribution in [-0.2, 0) is 0 Å². The van der Waals surface area contributed by atoms with Gasteiger partial charge in [-0.25, -0.2) is 0 Å². The molecule has 0 bridgehead atoms. The maximum absolute atomic E-state index is 5.83. The van der Waals surface area contributed by atoms with Crippen molar-refractivity contribution in [2.45, 2.75) is 33.6 Å². The molecule has 0 aromatic carbocycles. The highest BCUT2D eigenvalue weighted by Gasteiger charge is 2.31. The van der Waals surface area contributed by atoms with Crippen LogP contribution in [0.3, 0.4) is 0 Å². The van der Waals surface area contributed by atoms with Crippen LogP contribution in [0.25, 0.3) is 0 Å². The minimum Gasteiger partial charge on any atom is -0.330 e. The number of nitrogens with one attached hydrogen (secondary N) is 1. The molecule has 1 aliphatic heterocycles. The molecule has 1 aliphatic rings. The van der Waals surface area contributed by atoms with Crippen molar-refractivity contribution in [2.24, 2.45) is 23.0 Å². The number of rotatable bonds is 1. The fraction of sp³-hybridized carbons (Fsp3) is 1.00. The van der Waals surface area contributed by atoms with E-state index in [1.165, 1.54) is 19.4 Å². The van der Waals surface area contributed by atoms with Gasteiger partial charge in [-0.15, -0.1) is 0 Å². The Hall–Kier alpha value is -0.0800. The second-order valence-electron chi connectivity index (χ2n) is 5.30. The monoisotopic (exact) mass is 184 g/mol. The molecule has 2 atom stereocenters. The average molecular weight is 184 g/mol. The summed E-state index contributed by atoms with van der Waals surface area (Å²) in [6.07, 6.45) is 2.53. The predicted octanol–water partition coefficient (Wildman–Crippen LogP) is 1.61. The normalized spacial score (nSPS) is 31.4. The van der Waals surface area contributed by atoms with E-state index in [-0.39, 0.29) is 0 Å². The van der Waals surface area contributed by atoms with Crippen LogP contribution in [-0.4, -0.2) is 19.6 Å². The first-order valence-corrected chi connectivity index (χ1v) is 5.46. The molecule has 1 rings (SSSR count). The summed E-state index contributed by atoms with van der Waals surface area (Å²) in [6.45, 7) is 10.2. The third-order valence-corrected chi connectivity index (χ3v) is 3.31. The molecule has 78 valence electrons. The summed E-state index contributed by atoms with van der Waals surface area (Å²) >= 11 is 0. The summed E-state index contributed by atoms with van der Waals surface area (Å²) in [5, 5.41) is 3.46. The predicted molar refractivity (Wildman–Crippen MR) is 57.6 cm³/mol. The maximum Gasteiger partial charge on any atom is -0.00455 e. The van der Waals surface area contributed by atoms with Gasteiger partial charge in [0.25, 0.3) is 0 Å². The van der Waals surface area contributed by atoms with E-state index in [1.807, 2.05) is 0 Å². The molecule has 13 heavy (non-hydrogen) atoms. The van der Waals surface area contributed by atoms with Gasteiger partial charge in [0, 0.05) is 0 Å². The molecule has 3 N–H and O–H groups in total. The molecule has 2 unspecified atom stereocenters. The zero-order chi connectivity index (χ0) is 9.90. The largest absolute Gasteiger partial charge is 0.330 e. The molecule has 0 aromatic heterocycles. The Kier molecular flexibility index (Phi) is 3.74. The molecule has 1 fully saturated rings. The molecule has 0 amide bonds. The zero-order valence-corrected chi connectivity index (χ0v) is 9.27. The third kappa shape index (κ3) is 2.96. The Morgan fingerprint density at radius 3 is 2.38 bits per heavy atom. The van der Waals surface area contributed by atoms with Crippen molar-refractivity contribution in [3.05, 3.63) is 0 Å². The van der Waals surface area contributed by atoms with Crippen LogP contribution in [0.1, 0.15) is 33.6 Å². The molecule has 0 aliphatic carbocycles. The standard InChI is InChI=1S/C11H24N2/c1-11(2,3)10-5-7-13-6-4-9(10)8-12/h9-10,13H,4-8,12H2,1-3H3. The van der Waals surface area contributed by atoms with Crippen molar-refractivity contribution in [1.29, 1.82) is 0 Å². The van der Waals surface area contributed by atoms with E-state index in [0.717, 1.165) is 24.9 Å². The molecule has 0 saturated carbocycles. The van der Waals surface area contributed by atoms with Crippen molar-refractivity contribution in [1.82, 2.24) is 5.32 Å². The Labute approximate surface area is 82.3 Å². The lowest BCUT2D eigenvalue weighted by Gasteiger charge is -2.35. The van der Waals surface area contributed by atoms with Gasteiger partial charge in [-0.2, -0.15) is 0 Å². The molecule has 0 aromatic rings. The van der Waals surface area contributed by atoms with E-state index in [2.05, 4.69) is 26.1 Å². The van der Waals surface area contributed by atoms with Crippen molar-refractivity contribution in [3.8, 4) is 0 Å². The highest BCUT2D eigenvalue weighted by molar-refractivity contribution is 4.84. The SMILES string of the molecule is CC(C)(C)C1CCNCCC1CN. The zero-order valence-electron chi connectivity index (χ0n) is 9.27. The summed E-state index contributed by atoms with van der Waals surface area (Å²) in [5.41, 5.74) is 6.24. The van der Waals surface area contributed by atoms with E-state index >= 15 is 0 Å². The van der Waals surface area contributed by atoms with Crippen molar-refractivity contribution in [2.75, 3.05) is 19.6 Å². The first-order chi connectivity index (χ1) is 6.05. The molecular formula is C11H24N2. The Balaban J connectivity index is 2.65. The lowest BCUT2D eigenvalue weighted by molar-refractivity contribution is 0.155. The van der Waals surface area contributed by atoms with Crippen molar-refractivity contribution in [3.63, 3.8) is 0 Å². The average Bonchev–Trinajstić information content (AvgIpc) is 2.26. The van der Waals surface area contributed by atoms with Crippen molar-refractivity contribution < 1.29 is 0 Å². The summed E-state index contributed by atoms with van der Waals surface area (Å²) in [7, 11) is 0. The number of hydrogen-bond acceptors (Lipinski definition) is 2. The second-order valence-corrected chi connectivity index (χ2v) is 5.30. The van der Waals surface area contributed by atoms with Crippen LogP contribution in [0.4, 0.5) is 0 Å². The molecule has 1 saturated heterocycles. The highest BCUT2D eigenvalue weighted by atomic mass is 14.9.